The molecule has 20 heavy (non-hydrogen) atoms. The molecule has 0 saturated heterocycles. The average molecular weight is 342 g/mol. The maximum atomic E-state index is 13.5. The van der Waals surface area contributed by atoms with Crippen LogP contribution in [0.1, 0.15) is 37.2 Å². The van der Waals surface area contributed by atoms with Crippen LogP contribution in [0.5, 0.6) is 5.75 Å². The molecule has 1 aromatic heterocycles. The average Bonchev–Trinajstić information content (AvgIpc) is 2.80. The van der Waals surface area contributed by atoms with Crippen LogP contribution in [0.25, 0.3) is 0 Å². The zero-order valence-electron chi connectivity index (χ0n) is 11.6. The molecule has 0 aliphatic rings. The molecule has 2 N–H and O–H groups in total. The summed E-state index contributed by atoms with van der Waals surface area (Å²) >= 11 is 3.28. The van der Waals surface area contributed by atoms with Crippen LogP contribution in [0.4, 0.5) is 4.39 Å². The highest BCUT2D eigenvalue weighted by Gasteiger charge is 2.22. The van der Waals surface area contributed by atoms with E-state index in [-0.39, 0.29) is 11.9 Å². The fraction of sp³-hybridized carbons (Fsp3) is 0.357. The Morgan fingerprint density at radius 2 is 2.05 bits per heavy atom. The Balaban J connectivity index is 2.51. The minimum atomic E-state index is -0.512. The number of hydrogen-bond donors (Lipinski definition) is 1. The number of nitrogens with zero attached hydrogens (tertiary/aromatic N) is 2. The van der Waals surface area contributed by atoms with Crippen molar-refractivity contribution in [3.05, 3.63) is 45.9 Å². The van der Waals surface area contributed by atoms with Crippen LogP contribution >= 0.6 is 15.9 Å². The highest BCUT2D eigenvalue weighted by Crippen LogP contribution is 2.31. The van der Waals surface area contributed by atoms with Gasteiger partial charge >= 0.3 is 0 Å². The largest absolute Gasteiger partial charge is 0.493 e. The van der Waals surface area contributed by atoms with Gasteiger partial charge in [0.25, 0.3) is 0 Å². The molecule has 0 saturated carbocycles. The highest BCUT2D eigenvalue weighted by atomic mass is 79.9. The number of halogens is 2. The Labute approximate surface area is 125 Å². The second-order valence-electron chi connectivity index (χ2n) is 4.82. The Hall–Kier alpha value is -1.40. The summed E-state index contributed by atoms with van der Waals surface area (Å²) in [7, 11) is 1.57. The summed E-state index contributed by atoms with van der Waals surface area (Å²) in [4.78, 5) is 0. The third kappa shape index (κ3) is 2.86. The molecule has 1 heterocycles. The number of nitrogens with two attached hydrogens (primary N) is 1. The topological polar surface area (TPSA) is 53.1 Å². The Kier molecular flexibility index (Phi) is 4.45. The smallest absolute Gasteiger partial charge is 0.161 e. The van der Waals surface area contributed by atoms with Crippen molar-refractivity contribution >= 4 is 15.9 Å². The molecule has 2 aromatic rings. The van der Waals surface area contributed by atoms with Gasteiger partial charge in [0.2, 0.25) is 0 Å². The first-order valence-electron chi connectivity index (χ1n) is 6.27. The summed E-state index contributed by atoms with van der Waals surface area (Å²) in [5, 5.41) is 4.28. The fourth-order valence-corrected chi connectivity index (χ4v) is 2.62. The van der Waals surface area contributed by atoms with Gasteiger partial charge in [-0.15, -0.1) is 0 Å². The molecule has 1 aromatic carbocycles. The van der Waals surface area contributed by atoms with Gasteiger partial charge in [-0.3, -0.25) is 4.68 Å². The van der Waals surface area contributed by atoms with Gasteiger partial charge in [-0.1, -0.05) is 15.9 Å². The van der Waals surface area contributed by atoms with E-state index in [1.807, 2.05) is 13.8 Å². The van der Waals surface area contributed by atoms with Crippen molar-refractivity contribution in [2.24, 2.45) is 5.73 Å². The van der Waals surface area contributed by atoms with Crippen molar-refractivity contribution in [3.63, 3.8) is 0 Å². The summed E-state index contributed by atoms with van der Waals surface area (Å²) in [6.07, 6.45) is 1.63. The normalized spacial score (nSPS) is 12.8. The van der Waals surface area contributed by atoms with Crippen LogP contribution in [-0.2, 0) is 0 Å². The minimum absolute atomic E-state index is 0.136. The molecule has 0 amide bonds. The molecule has 2 rings (SSSR count). The number of hydrogen-bond acceptors (Lipinski definition) is 3. The molecule has 0 aliphatic heterocycles. The lowest BCUT2D eigenvalue weighted by atomic mass is 10.0. The molecule has 0 spiro atoms. The quantitative estimate of drug-likeness (QED) is 0.926. The van der Waals surface area contributed by atoms with Crippen molar-refractivity contribution in [1.29, 1.82) is 0 Å². The lowest BCUT2D eigenvalue weighted by Gasteiger charge is -2.18. The summed E-state index contributed by atoms with van der Waals surface area (Å²) in [5.41, 5.74) is 7.69. The highest BCUT2D eigenvalue weighted by molar-refractivity contribution is 9.10. The molecule has 1 unspecified atom stereocenters. The van der Waals surface area contributed by atoms with Gasteiger partial charge in [-0.2, -0.15) is 5.10 Å². The predicted molar refractivity (Wildman–Crippen MR) is 79.3 cm³/mol. The van der Waals surface area contributed by atoms with Gasteiger partial charge in [0.15, 0.2) is 5.75 Å². The second kappa shape index (κ2) is 5.93. The van der Waals surface area contributed by atoms with Gasteiger partial charge < -0.3 is 10.5 Å². The molecule has 6 heteroatoms. The Morgan fingerprint density at radius 1 is 1.35 bits per heavy atom. The summed E-state index contributed by atoms with van der Waals surface area (Å²) in [5.74, 6) is 0.269. The van der Waals surface area contributed by atoms with Gasteiger partial charge in [0.05, 0.1) is 19.3 Å². The second-order valence-corrected chi connectivity index (χ2v) is 5.73. The first-order chi connectivity index (χ1) is 9.43. The van der Waals surface area contributed by atoms with E-state index < -0.39 is 6.04 Å². The predicted octanol–water partition coefficient (Wildman–Crippen LogP) is 3.42. The monoisotopic (exact) mass is 341 g/mol. The molecule has 1 atom stereocenters. The number of methoxy groups -OCH3 is 1. The zero-order valence-corrected chi connectivity index (χ0v) is 13.2. The van der Waals surface area contributed by atoms with Crippen LogP contribution in [0.3, 0.4) is 0 Å². The van der Waals surface area contributed by atoms with E-state index in [1.165, 1.54) is 12.1 Å². The van der Waals surface area contributed by atoms with Gasteiger partial charge in [0.1, 0.15) is 11.5 Å². The van der Waals surface area contributed by atoms with Gasteiger partial charge in [0, 0.05) is 10.5 Å². The van der Waals surface area contributed by atoms with Gasteiger partial charge in [-0.25, -0.2) is 4.39 Å². The first kappa shape index (κ1) is 15.0. The van der Waals surface area contributed by atoms with Gasteiger partial charge in [-0.05, 0) is 37.6 Å². The van der Waals surface area contributed by atoms with Crippen LogP contribution in [0, 0.1) is 5.82 Å². The molecule has 108 valence electrons. The van der Waals surface area contributed by atoms with Crippen LogP contribution in [0.2, 0.25) is 0 Å². The molecule has 0 aliphatic carbocycles. The number of aromatic nitrogens is 2. The van der Waals surface area contributed by atoms with Crippen molar-refractivity contribution in [1.82, 2.24) is 9.78 Å². The van der Waals surface area contributed by atoms with Crippen molar-refractivity contribution in [2.45, 2.75) is 25.9 Å². The maximum Gasteiger partial charge on any atom is 0.161 e. The standard InChI is InChI=1S/C14H17BrFN3O/c1-8(2)19-14(12(20-3)7-18-19)13(17)9-4-10(15)6-11(16)5-9/h4-8,13H,17H2,1-3H3. The third-order valence-electron chi connectivity index (χ3n) is 3.05. The zero-order chi connectivity index (χ0) is 14.9. The minimum Gasteiger partial charge on any atom is -0.493 e. The number of rotatable bonds is 4. The molecular weight excluding hydrogens is 325 g/mol. The number of benzene rings is 1. The SMILES string of the molecule is COc1cnn(C(C)C)c1C(N)c1cc(F)cc(Br)c1. The maximum absolute atomic E-state index is 13.5. The molecule has 0 radical (unpaired) electrons. The van der Waals surface area contributed by atoms with Crippen LogP contribution in [-0.4, -0.2) is 16.9 Å². The fourth-order valence-electron chi connectivity index (χ4n) is 2.13. The first-order valence-corrected chi connectivity index (χ1v) is 7.06. The molecular formula is C14H17BrFN3O. The van der Waals surface area contributed by atoms with Crippen LogP contribution < -0.4 is 10.5 Å². The van der Waals surface area contributed by atoms with E-state index in [9.17, 15) is 4.39 Å². The van der Waals surface area contributed by atoms with E-state index in [4.69, 9.17) is 10.5 Å². The third-order valence-corrected chi connectivity index (χ3v) is 3.50. The summed E-state index contributed by atoms with van der Waals surface area (Å²) in [6, 6.07) is 4.24. The Morgan fingerprint density at radius 3 is 2.60 bits per heavy atom. The van der Waals surface area contributed by atoms with E-state index in [0.29, 0.717) is 15.8 Å². The lowest BCUT2D eigenvalue weighted by molar-refractivity contribution is 0.400. The number of ether oxygens (including phenoxy) is 1. The molecule has 0 bridgehead atoms. The van der Waals surface area contributed by atoms with E-state index >= 15 is 0 Å². The van der Waals surface area contributed by atoms with E-state index in [1.54, 1.807) is 24.1 Å². The van der Waals surface area contributed by atoms with Crippen molar-refractivity contribution in [3.8, 4) is 5.75 Å². The van der Waals surface area contributed by atoms with E-state index in [0.717, 1.165) is 5.69 Å². The molecule has 0 fully saturated rings. The summed E-state index contributed by atoms with van der Waals surface area (Å²) in [6.45, 7) is 4.01. The van der Waals surface area contributed by atoms with Crippen molar-refractivity contribution in [2.75, 3.05) is 7.11 Å². The lowest BCUT2D eigenvalue weighted by Crippen LogP contribution is -2.19. The summed E-state index contributed by atoms with van der Waals surface area (Å²) < 4.78 is 21.3. The Bertz CT molecular complexity index is 592. The molecule has 4 nitrogen and oxygen atoms in total. The van der Waals surface area contributed by atoms with E-state index in [2.05, 4.69) is 21.0 Å². The van der Waals surface area contributed by atoms with Crippen LogP contribution in [0.15, 0.2) is 28.9 Å². The van der Waals surface area contributed by atoms with Crippen molar-refractivity contribution < 1.29 is 9.13 Å².